The SMILES string of the molecule is CC[C@@H](NC(=O)C(C)n1cccn1)C(=O)O. The van der Waals surface area contributed by atoms with Crippen LogP contribution in [0.1, 0.15) is 26.3 Å². The highest BCUT2D eigenvalue weighted by Gasteiger charge is 2.22. The topological polar surface area (TPSA) is 84.2 Å². The van der Waals surface area contributed by atoms with Crippen LogP contribution in [0.5, 0.6) is 0 Å². The molecule has 0 aliphatic rings. The third-order valence-electron chi connectivity index (χ3n) is 2.32. The molecule has 1 aromatic rings. The maximum Gasteiger partial charge on any atom is 0.326 e. The number of aromatic nitrogens is 2. The van der Waals surface area contributed by atoms with Crippen LogP contribution < -0.4 is 5.32 Å². The molecule has 0 fully saturated rings. The highest BCUT2D eigenvalue weighted by molar-refractivity contribution is 5.85. The zero-order valence-electron chi connectivity index (χ0n) is 9.25. The number of amides is 1. The van der Waals surface area contributed by atoms with Crippen LogP contribution in [-0.2, 0) is 9.59 Å². The lowest BCUT2D eigenvalue weighted by atomic mass is 10.2. The lowest BCUT2D eigenvalue weighted by Gasteiger charge is -2.16. The van der Waals surface area contributed by atoms with E-state index >= 15 is 0 Å². The lowest BCUT2D eigenvalue weighted by Crippen LogP contribution is -2.43. The lowest BCUT2D eigenvalue weighted by molar-refractivity contribution is -0.142. The van der Waals surface area contributed by atoms with E-state index in [2.05, 4.69) is 10.4 Å². The van der Waals surface area contributed by atoms with Gasteiger partial charge >= 0.3 is 5.97 Å². The summed E-state index contributed by atoms with van der Waals surface area (Å²) in [4.78, 5) is 22.4. The predicted molar refractivity (Wildman–Crippen MR) is 56.8 cm³/mol. The first-order valence-corrected chi connectivity index (χ1v) is 5.08. The molecule has 6 nitrogen and oxygen atoms in total. The summed E-state index contributed by atoms with van der Waals surface area (Å²) in [6.45, 7) is 3.37. The molecule has 0 aliphatic heterocycles. The first-order chi connectivity index (χ1) is 7.56. The molecule has 1 amide bonds. The number of carboxylic acid groups (broad SMARTS) is 1. The second-order valence-corrected chi connectivity index (χ2v) is 3.47. The van der Waals surface area contributed by atoms with Gasteiger partial charge in [-0.05, 0) is 19.4 Å². The molecule has 6 heteroatoms. The average molecular weight is 225 g/mol. The van der Waals surface area contributed by atoms with Crippen LogP contribution in [0, 0.1) is 0 Å². The van der Waals surface area contributed by atoms with Crippen molar-refractivity contribution < 1.29 is 14.7 Å². The maximum atomic E-state index is 11.7. The Bertz CT molecular complexity index is 361. The van der Waals surface area contributed by atoms with Crippen LogP contribution in [0.2, 0.25) is 0 Å². The standard InChI is InChI=1S/C10H15N3O3/c1-3-8(10(15)16)12-9(14)7(2)13-6-4-5-11-13/h4-8H,3H2,1-2H3,(H,12,14)(H,15,16)/t7?,8-/m1/s1. The van der Waals surface area contributed by atoms with Gasteiger partial charge in [-0.1, -0.05) is 6.92 Å². The number of nitrogens with zero attached hydrogens (tertiary/aromatic N) is 2. The number of carbonyl (C=O) groups excluding carboxylic acids is 1. The number of carbonyl (C=O) groups is 2. The highest BCUT2D eigenvalue weighted by Crippen LogP contribution is 2.04. The Balaban J connectivity index is 2.61. The smallest absolute Gasteiger partial charge is 0.326 e. The number of hydrogen-bond acceptors (Lipinski definition) is 3. The van der Waals surface area contributed by atoms with Crippen LogP contribution in [-0.4, -0.2) is 32.8 Å². The van der Waals surface area contributed by atoms with Crippen molar-refractivity contribution in [3.8, 4) is 0 Å². The fourth-order valence-corrected chi connectivity index (χ4v) is 1.26. The Labute approximate surface area is 93.3 Å². The molecule has 1 rings (SSSR count). The maximum absolute atomic E-state index is 11.7. The number of carboxylic acids is 1. The van der Waals surface area contributed by atoms with Gasteiger partial charge in [0.15, 0.2) is 0 Å². The molecule has 2 atom stereocenters. The molecular formula is C10H15N3O3. The van der Waals surface area contributed by atoms with Gasteiger partial charge in [-0.25, -0.2) is 4.79 Å². The van der Waals surface area contributed by atoms with Gasteiger partial charge in [-0.2, -0.15) is 5.10 Å². The van der Waals surface area contributed by atoms with Crippen molar-refractivity contribution in [3.63, 3.8) is 0 Å². The molecule has 1 heterocycles. The largest absolute Gasteiger partial charge is 0.480 e. The summed E-state index contributed by atoms with van der Waals surface area (Å²) in [5.74, 6) is -1.37. The number of hydrogen-bond donors (Lipinski definition) is 2. The van der Waals surface area contributed by atoms with E-state index in [0.29, 0.717) is 6.42 Å². The first kappa shape index (κ1) is 12.2. The average Bonchev–Trinajstić information content (AvgIpc) is 2.77. The summed E-state index contributed by atoms with van der Waals surface area (Å²) in [5, 5.41) is 15.2. The van der Waals surface area contributed by atoms with Crippen molar-refractivity contribution >= 4 is 11.9 Å². The van der Waals surface area contributed by atoms with Crippen molar-refractivity contribution in [2.45, 2.75) is 32.4 Å². The van der Waals surface area contributed by atoms with E-state index < -0.39 is 18.1 Å². The van der Waals surface area contributed by atoms with E-state index in [1.165, 1.54) is 4.68 Å². The molecule has 16 heavy (non-hydrogen) atoms. The minimum atomic E-state index is -1.02. The zero-order valence-corrected chi connectivity index (χ0v) is 9.25. The molecule has 0 saturated carbocycles. The van der Waals surface area contributed by atoms with Crippen LogP contribution in [0.15, 0.2) is 18.5 Å². The van der Waals surface area contributed by atoms with Gasteiger partial charge in [-0.15, -0.1) is 0 Å². The Hall–Kier alpha value is -1.85. The van der Waals surface area contributed by atoms with Crippen molar-refractivity contribution in [1.82, 2.24) is 15.1 Å². The van der Waals surface area contributed by atoms with Crippen molar-refractivity contribution in [2.75, 3.05) is 0 Å². The molecule has 2 N–H and O–H groups in total. The number of rotatable bonds is 5. The van der Waals surface area contributed by atoms with Crippen molar-refractivity contribution in [1.29, 1.82) is 0 Å². The summed E-state index contributed by atoms with van der Waals surface area (Å²) in [6.07, 6.45) is 3.58. The second kappa shape index (κ2) is 5.29. The zero-order chi connectivity index (χ0) is 12.1. The minimum Gasteiger partial charge on any atom is -0.480 e. The van der Waals surface area contributed by atoms with E-state index in [9.17, 15) is 9.59 Å². The molecule has 0 saturated heterocycles. The Morgan fingerprint density at radius 3 is 2.69 bits per heavy atom. The van der Waals surface area contributed by atoms with Gasteiger partial charge in [0, 0.05) is 12.4 Å². The molecule has 0 spiro atoms. The summed E-state index contributed by atoms with van der Waals surface area (Å²) in [5.41, 5.74) is 0. The molecule has 1 unspecified atom stereocenters. The number of aliphatic carboxylic acids is 1. The van der Waals surface area contributed by atoms with E-state index in [1.807, 2.05) is 0 Å². The van der Waals surface area contributed by atoms with Gasteiger partial charge in [0.05, 0.1) is 0 Å². The summed E-state index contributed by atoms with van der Waals surface area (Å²) < 4.78 is 1.48. The molecular weight excluding hydrogens is 210 g/mol. The van der Waals surface area contributed by atoms with E-state index in [-0.39, 0.29) is 5.91 Å². The van der Waals surface area contributed by atoms with Gasteiger partial charge in [0.25, 0.3) is 0 Å². The molecule has 0 aliphatic carbocycles. The van der Waals surface area contributed by atoms with Gasteiger partial charge < -0.3 is 10.4 Å². The predicted octanol–water partition coefficient (Wildman–Crippen LogP) is 0.423. The van der Waals surface area contributed by atoms with Gasteiger partial charge in [0.2, 0.25) is 5.91 Å². The normalized spacial score (nSPS) is 14.1. The van der Waals surface area contributed by atoms with Crippen LogP contribution in [0.25, 0.3) is 0 Å². The van der Waals surface area contributed by atoms with E-state index in [4.69, 9.17) is 5.11 Å². The van der Waals surface area contributed by atoms with Crippen LogP contribution in [0.3, 0.4) is 0 Å². The number of nitrogens with one attached hydrogen (secondary N) is 1. The Morgan fingerprint density at radius 1 is 1.56 bits per heavy atom. The monoisotopic (exact) mass is 225 g/mol. The molecule has 0 bridgehead atoms. The van der Waals surface area contributed by atoms with Gasteiger partial charge in [0.1, 0.15) is 12.1 Å². The fraction of sp³-hybridized carbons (Fsp3) is 0.500. The molecule has 0 aromatic carbocycles. The second-order valence-electron chi connectivity index (χ2n) is 3.47. The molecule has 1 aromatic heterocycles. The summed E-state index contributed by atoms with van der Waals surface area (Å²) >= 11 is 0. The van der Waals surface area contributed by atoms with E-state index in [1.54, 1.807) is 32.3 Å². The third kappa shape index (κ3) is 2.82. The summed E-state index contributed by atoms with van der Waals surface area (Å²) in [6, 6.07) is 0.354. The summed E-state index contributed by atoms with van der Waals surface area (Å²) in [7, 11) is 0. The van der Waals surface area contributed by atoms with Crippen LogP contribution >= 0.6 is 0 Å². The molecule has 88 valence electrons. The van der Waals surface area contributed by atoms with Crippen molar-refractivity contribution in [2.24, 2.45) is 0 Å². The quantitative estimate of drug-likeness (QED) is 0.760. The Morgan fingerprint density at radius 2 is 2.25 bits per heavy atom. The first-order valence-electron chi connectivity index (χ1n) is 5.08. The third-order valence-corrected chi connectivity index (χ3v) is 2.32. The van der Waals surface area contributed by atoms with Crippen LogP contribution in [0.4, 0.5) is 0 Å². The Kier molecular flexibility index (Phi) is 4.04. The molecule has 0 radical (unpaired) electrons. The highest BCUT2D eigenvalue weighted by atomic mass is 16.4. The minimum absolute atomic E-state index is 0.349. The fourth-order valence-electron chi connectivity index (χ4n) is 1.26. The van der Waals surface area contributed by atoms with Crippen molar-refractivity contribution in [3.05, 3.63) is 18.5 Å². The van der Waals surface area contributed by atoms with E-state index in [0.717, 1.165) is 0 Å². The van der Waals surface area contributed by atoms with Gasteiger partial charge in [-0.3, -0.25) is 9.48 Å².